The van der Waals surface area contributed by atoms with Crippen molar-refractivity contribution in [3.05, 3.63) is 33.8 Å². The van der Waals surface area contributed by atoms with E-state index in [9.17, 15) is 0 Å². The SMILES string of the molecule is CC(C)C(NN)c1ccc(Cl)cc1Cl. The molecule has 0 saturated carbocycles. The molecule has 78 valence electrons. The van der Waals surface area contributed by atoms with E-state index in [1.54, 1.807) is 6.07 Å². The molecule has 1 atom stereocenters. The highest BCUT2D eigenvalue weighted by Crippen LogP contribution is 2.29. The molecule has 0 aliphatic heterocycles. The standard InChI is InChI=1S/C10H14Cl2N2/c1-6(2)10(14-13)8-4-3-7(11)5-9(8)12/h3-6,10,14H,13H2,1-2H3. The number of nitrogens with one attached hydrogen (secondary N) is 1. The second-order valence-electron chi connectivity index (χ2n) is 3.55. The van der Waals surface area contributed by atoms with Gasteiger partial charge < -0.3 is 0 Å². The lowest BCUT2D eigenvalue weighted by atomic mass is 9.97. The predicted molar refractivity (Wildman–Crippen MR) is 61.4 cm³/mol. The van der Waals surface area contributed by atoms with Gasteiger partial charge in [-0.15, -0.1) is 0 Å². The van der Waals surface area contributed by atoms with Gasteiger partial charge in [0.05, 0.1) is 0 Å². The maximum absolute atomic E-state index is 6.07. The highest BCUT2D eigenvalue weighted by molar-refractivity contribution is 6.35. The molecule has 2 nitrogen and oxygen atoms in total. The Hall–Kier alpha value is -0.280. The van der Waals surface area contributed by atoms with E-state index < -0.39 is 0 Å². The molecule has 0 bridgehead atoms. The molecule has 1 rings (SSSR count). The zero-order valence-corrected chi connectivity index (χ0v) is 9.73. The van der Waals surface area contributed by atoms with Crippen LogP contribution in [0, 0.1) is 5.92 Å². The van der Waals surface area contributed by atoms with Crippen molar-refractivity contribution in [1.29, 1.82) is 0 Å². The van der Waals surface area contributed by atoms with E-state index in [1.807, 2.05) is 12.1 Å². The number of halogens is 2. The van der Waals surface area contributed by atoms with Crippen molar-refractivity contribution in [1.82, 2.24) is 5.43 Å². The summed E-state index contributed by atoms with van der Waals surface area (Å²) >= 11 is 11.9. The second-order valence-corrected chi connectivity index (χ2v) is 4.40. The Morgan fingerprint density at radius 2 is 1.93 bits per heavy atom. The number of benzene rings is 1. The van der Waals surface area contributed by atoms with Gasteiger partial charge in [-0.05, 0) is 23.6 Å². The van der Waals surface area contributed by atoms with E-state index in [4.69, 9.17) is 29.0 Å². The summed E-state index contributed by atoms with van der Waals surface area (Å²) in [6.07, 6.45) is 0. The molecule has 0 aliphatic rings. The maximum Gasteiger partial charge on any atom is 0.0497 e. The minimum absolute atomic E-state index is 0.0553. The molecular formula is C10H14Cl2N2. The lowest BCUT2D eigenvalue weighted by Gasteiger charge is -2.21. The average molecular weight is 233 g/mol. The van der Waals surface area contributed by atoms with Crippen LogP contribution in [0.2, 0.25) is 10.0 Å². The molecule has 14 heavy (non-hydrogen) atoms. The van der Waals surface area contributed by atoms with E-state index in [0.717, 1.165) is 5.56 Å². The molecule has 0 spiro atoms. The fourth-order valence-corrected chi connectivity index (χ4v) is 1.92. The number of hydrazine groups is 1. The fourth-order valence-electron chi connectivity index (χ4n) is 1.40. The second kappa shape index (κ2) is 4.99. The molecule has 0 aliphatic carbocycles. The van der Waals surface area contributed by atoms with Crippen molar-refractivity contribution in [2.75, 3.05) is 0 Å². The lowest BCUT2D eigenvalue weighted by molar-refractivity contribution is 0.421. The molecule has 0 heterocycles. The summed E-state index contributed by atoms with van der Waals surface area (Å²) in [6, 6.07) is 5.50. The Kier molecular flexibility index (Phi) is 4.20. The summed E-state index contributed by atoms with van der Waals surface area (Å²) < 4.78 is 0. The van der Waals surface area contributed by atoms with E-state index in [-0.39, 0.29) is 6.04 Å². The van der Waals surface area contributed by atoms with Gasteiger partial charge in [0.1, 0.15) is 0 Å². The van der Waals surface area contributed by atoms with E-state index in [1.165, 1.54) is 0 Å². The van der Waals surface area contributed by atoms with Crippen molar-refractivity contribution in [2.24, 2.45) is 11.8 Å². The van der Waals surface area contributed by atoms with Crippen LogP contribution in [-0.4, -0.2) is 0 Å². The van der Waals surface area contributed by atoms with Gasteiger partial charge in [0, 0.05) is 16.1 Å². The number of hydrogen-bond acceptors (Lipinski definition) is 2. The van der Waals surface area contributed by atoms with E-state index >= 15 is 0 Å². The molecule has 0 radical (unpaired) electrons. The van der Waals surface area contributed by atoms with Crippen LogP contribution >= 0.6 is 23.2 Å². The third kappa shape index (κ3) is 2.61. The first-order valence-electron chi connectivity index (χ1n) is 4.47. The minimum atomic E-state index is 0.0553. The molecule has 4 heteroatoms. The van der Waals surface area contributed by atoms with E-state index in [2.05, 4.69) is 19.3 Å². The van der Waals surface area contributed by atoms with Crippen molar-refractivity contribution < 1.29 is 0 Å². The quantitative estimate of drug-likeness (QED) is 0.621. The molecule has 3 N–H and O–H groups in total. The first-order chi connectivity index (χ1) is 6.56. The van der Waals surface area contributed by atoms with Crippen LogP contribution in [-0.2, 0) is 0 Å². The Balaban J connectivity index is 3.04. The van der Waals surface area contributed by atoms with Crippen molar-refractivity contribution in [3.8, 4) is 0 Å². The van der Waals surface area contributed by atoms with Gasteiger partial charge in [-0.3, -0.25) is 11.3 Å². The molecule has 0 aromatic heterocycles. The Morgan fingerprint density at radius 3 is 2.36 bits per heavy atom. The van der Waals surface area contributed by atoms with Gasteiger partial charge in [0.2, 0.25) is 0 Å². The van der Waals surface area contributed by atoms with Gasteiger partial charge in [-0.1, -0.05) is 43.1 Å². The molecule has 1 aromatic carbocycles. The molecule has 1 unspecified atom stereocenters. The van der Waals surface area contributed by atoms with Crippen molar-refractivity contribution >= 4 is 23.2 Å². The van der Waals surface area contributed by atoms with Gasteiger partial charge in [0.25, 0.3) is 0 Å². The summed E-state index contributed by atoms with van der Waals surface area (Å²) in [7, 11) is 0. The van der Waals surface area contributed by atoms with Gasteiger partial charge >= 0.3 is 0 Å². The number of rotatable bonds is 3. The first kappa shape index (κ1) is 11.8. The molecule has 1 aromatic rings. The van der Waals surface area contributed by atoms with Crippen molar-refractivity contribution in [2.45, 2.75) is 19.9 Å². The Bertz CT molecular complexity index is 313. The monoisotopic (exact) mass is 232 g/mol. The normalized spacial score (nSPS) is 13.3. The summed E-state index contributed by atoms with van der Waals surface area (Å²) in [4.78, 5) is 0. The summed E-state index contributed by atoms with van der Waals surface area (Å²) in [5.41, 5.74) is 3.73. The lowest BCUT2D eigenvalue weighted by Crippen LogP contribution is -2.31. The maximum atomic E-state index is 6.07. The van der Waals surface area contributed by atoms with Gasteiger partial charge in [-0.2, -0.15) is 0 Å². The van der Waals surface area contributed by atoms with Crippen LogP contribution in [0.5, 0.6) is 0 Å². The fraction of sp³-hybridized carbons (Fsp3) is 0.400. The van der Waals surface area contributed by atoms with Crippen LogP contribution in [0.15, 0.2) is 18.2 Å². The van der Waals surface area contributed by atoms with Crippen LogP contribution in [0.3, 0.4) is 0 Å². The number of hydrogen-bond donors (Lipinski definition) is 2. The third-order valence-corrected chi connectivity index (χ3v) is 2.71. The van der Waals surface area contributed by atoms with Crippen LogP contribution in [0.4, 0.5) is 0 Å². The summed E-state index contributed by atoms with van der Waals surface area (Å²) in [6.45, 7) is 4.16. The molecule has 0 saturated heterocycles. The van der Waals surface area contributed by atoms with Crippen LogP contribution in [0.25, 0.3) is 0 Å². The van der Waals surface area contributed by atoms with Gasteiger partial charge in [0.15, 0.2) is 0 Å². The highest BCUT2D eigenvalue weighted by atomic mass is 35.5. The smallest absolute Gasteiger partial charge is 0.0497 e. The molecule has 0 fully saturated rings. The molecule has 0 amide bonds. The van der Waals surface area contributed by atoms with Crippen molar-refractivity contribution in [3.63, 3.8) is 0 Å². The minimum Gasteiger partial charge on any atom is -0.271 e. The van der Waals surface area contributed by atoms with Crippen LogP contribution < -0.4 is 11.3 Å². The Labute approximate surface area is 94.4 Å². The van der Waals surface area contributed by atoms with Crippen LogP contribution in [0.1, 0.15) is 25.5 Å². The predicted octanol–water partition coefficient (Wildman–Crippen LogP) is 3.15. The average Bonchev–Trinajstić information content (AvgIpc) is 2.09. The van der Waals surface area contributed by atoms with E-state index in [0.29, 0.717) is 16.0 Å². The topological polar surface area (TPSA) is 38.0 Å². The summed E-state index contributed by atoms with van der Waals surface area (Å²) in [5, 5.41) is 1.28. The highest BCUT2D eigenvalue weighted by Gasteiger charge is 2.16. The largest absolute Gasteiger partial charge is 0.271 e. The zero-order chi connectivity index (χ0) is 10.7. The summed E-state index contributed by atoms with van der Waals surface area (Å²) in [5.74, 6) is 5.84. The zero-order valence-electron chi connectivity index (χ0n) is 8.22. The third-order valence-electron chi connectivity index (χ3n) is 2.14. The Morgan fingerprint density at radius 1 is 1.29 bits per heavy atom. The molecular weight excluding hydrogens is 219 g/mol. The van der Waals surface area contributed by atoms with Gasteiger partial charge in [-0.25, -0.2) is 0 Å². The first-order valence-corrected chi connectivity index (χ1v) is 5.23. The number of nitrogens with two attached hydrogens (primary N) is 1.